The molecule has 120 valence electrons. The Labute approximate surface area is 137 Å². The first kappa shape index (κ1) is 14.7. The fraction of sp³-hybridized carbons (Fsp3) is 0.467. The molecule has 2 bridgehead atoms. The zero-order valence-electron chi connectivity index (χ0n) is 12.8. The van der Waals surface area contributed by atoms with Crippen molar-refractivity contribution in [1.82, 2.24) is 19.8 Å². The molecule has 8 heteroatoms. The molecular formula is C15H16N4O3S. The van der Waals surface area contributed by atoms with Gasteiger partial charge in [0.2, 0.25) is 11.1 Å². The van der Waals surface area contributed by atoms with Crippen molar-refractivity contribution in [3.05, 3.63) is 34.1 Å². The van der Waals surface area contributed by atoms with Gasteiger partial charge in [0, 0.05) is 6.42 Å². The predicted octanol–water partition coefficient (Wildman–Crippen LogP) is 1.67. The van der Waals surface area contributed by atoms with Crippen LogP contribution in [-0.4, -0.2) is 44.6 Å². The van der Waals surface area contributed by atoms with E-state index >= 15 is 0 Å². The zero-order valence-corrected chi connectivity index (χ0v) is 13.6. The number of hydrogen-bond acceptors (Lipinski definition) is 6. The van der Waals surface area contributed by atoms with Crippen LogP contribution >= 0.6 is 12.2 Å². The van der Waals surface area contributed by atoms with Crippen LogP contribution in [0.15, 0.2) is 18.2 Å². The number of rotatable bonds is 2. The first-order valence-corrected chi connectivity index (χ1v) is 7.88. The number of fused-ring (bicyclic) bond motifs is 2. The van der Waals surface area contributed by atoms with Crippen molar-refractivity contribution in [1.29, 1.82) is 0 Å². The molecule has 0 unspecified atom stereocenters. The van der Waals surface area contributed by atoms with E-state index < -0.39 is 6.29 Å². The summed E-state index contributed by atoms with van der Waals surface area (Å²) in [6, 6.07) is 5.68. The van der Waals surface area contributed by atoms with E-state index in [-0.39, 0.29) is 17.9 Å². The minimum Gasteiger partial charge on any atom is -0.343 e. The maximum atomic E-state index is 12.0. The number of hydrogen-bond donors (Lipinski definition) is 0. The molecule has 2 saturated heterocycles. The van der Waals surface area contributed by atoms with E-state index in [9.17, 15) is 4.79 Å². The molecule has 0 spiro atoms. The summed E-state index contributed by atoms with van der Waals surface area (Å²) in [6.45, 7) is 4.43. The second-order valence-corrected chi connectivity index (χ2v) is 6.28. The van der Waals surface area contributed by atoms with Crippen LogP contribution in [0.5, 0.6) is 0 Å². The first-order valence-electron chi connectivity index (χ1n) is 7.47. The maximum Gasteiger partial charge on any atom is 0.221 e. The Morgan fingerprint density at radius 2 is 2.13 bits per heavy atom. The van der Waals surface area contributed by atoms with Crippen molar-refractivity contribution in [3.63, 3.8) is 0 Å². The lowest BCUT2D eigenvalue weighted by molar-refractivity contribution is -0.156. The fourth-order valence-electron chi connectivity index (χ4n) is 3.05. The van der Waals surface area contributed by atoms with Gasteiger partial charge in [-0.1, -0.05) is 12.1 Å². The molecular weight excluding hydrogens is 316 g/mol. The number of Topliss-reactive ketones (excluding diaryl/α,β-unsaturated/α-hetero) is 1. The molecule has 0 saturated carbocycles. The summed E-state index contributed by atoms with van der Waals surface area (Å²) in [5.74, 6) is -0.0769. The van der Waals surface area contributed by atoms with Crippen molar-refractivity contribution in [2.45, 2.75) is 38.7 Å². The van der Waals surface area contributed by atoms with Gasteiger partial charge < -0.3 is 9.47 Å². The number of aryl methyl sites for hydroxylation is 1. The fourth-order valence-corrected chi connectivity index (χ4v) is 3.36. The van der Waals surface area contributed by atoms with Crippen LogP contribution in [0.4, 0.5) is 0 Å². The average molecular weight is 332 g/mol. The topological polar surface area (TPSA) is 71.2 Å². The van der Waals surface area contributed by atoms with Crippen molar-refractivity contribution in [3.8, 4) is 5.69 Å². The lowest BCUT2D eigenvalue weighted by Crippen LogP contribution is -2.37. The van der Waals surface area contributed by atoms with E-state index in [1.807, 2.05) is 32.0 Å². The van der Waals surface area contributed by atoms with Crippen LogP contribution < -0.4 is 0 Å². The molecule has 0 N–H and O–H groups in total. The standard InChI is InChI=1S/C15H16N4O3S/c1-8-4-3-5-10(9(8)2)18-15(23)19(17-16-18)11-6-12(20)14-21-7-13(11)22-14/h3-5,11,13-14H,6-7H2,1-2H3/t11-,13-,14+/m1/s1. The van der Waals surface area contributed by atoms with E-state index in [1.165, 1.54) is 0 Å². The third-order valence-corrected chi connectivity index (χ3v) is 4.89. The summed E-state index contributed by atoms with van der Waals surface area (Å²) in [4.78, 5) is 12.0. The summed E-state index contributed by atoms with van der Waals surface area (Å²) in [5, 5.41) is 8.36. The predicted molar refractivity (Wildman–Crippen MR) is 82.9 cm³/mol. The molecule has 4 rings (SSSR count). The Hall–Kier alpha value is -1.90. The molecule has 2 aliphatic rings. The van der Waals surface area contributed by atoms with E-state index in [1.54, 1.807) is 9.36 Å². The van der Waals surface area contributed by atoms with Crippen molar-refractivity contribution >= 4 is 18.0 Å². The molecule has 1 aromatic heterocycles. The summed E-state index contributed by atoms with van der Waals surface area (Å²) >= 11 is 5.54. The Kier molecular flexibility index (Phi) is 3.40. The maximum absolute atomic E-state index is 12.0. The number of carbonyl (C=O) groups excluding carboxylic acids is 1. The number of carbonyl (C=O) groups is 1. The Bertz CT molecular complexity index is 843. The summed E-state index contributed by atoms with van der Waals surface area (Å²) in [5.41, 5.74) is 3.14. The van der Waals surface area contributed by atoms with Crippen LogP contribution in [-0.2, 0) is 14.3 Å². The molecule has 0 aliphatic carbocycles. The van der Waals surface area contributed by atoms with Gasteiger partial charge >= 0.3 is 0 Å². The van der Waals surface area contributed by atoms with Crippen LogP contribution in [0.3, 0.4) is 0 Å². The third-order valence-electron chi connectivity index (χ3n) is 4.53. The van der Waals surface area contributed by atoms with Gasteiger partial charge in [0.1, 0.15) is 6.10 Å². The van der Waals surface area contributed by atoms with Crippen molar-refractivity contribution < 1.29 is 14.3 Å². The molecule has 3 heterocycles. The van der Waals surface area contributed by atoms with Crippen molar-refractivity contribution in [2.75, 3.05) is 6.61 Å². The van der Waals surface area contributed by atoms with Crippen LogP contribution in [0.2, 0.25) is 0 Å². The Balaban J connectivity index is 1.76. The SMILES string of the molecule is Cc1cccc(-n2nnn([C@@H]3CC(=O)[C@H]4OC[C@H]3O4)c2=S)c1C. The molecule has 0 amide bonds. The van der Waals surface area contributed by atoms with Gasteiger partial charge in [0.15, 0.2) is 5.78 Å². The minimum atomic E-state index is -0.723. The highest BCUT2D eigenvalue weighted by molar-refractivity contribution is 7.71. The number of ketones is 1. The van der Waals surface area contributed by atoms with E-state index in [4.69, 9.17) is 21.7 Å². The van der Waals surface area contributed by atoms with Crippen LogP contribution in [0.25, 0.3) is 5.69 Å². The van der Waals surface area contributed by atoms with Gasteiger partial charge in [-0.25, -0.2) is 4.68 Å². The quantitative estimate of drug-likeness (QED) is 0.779. The molecule has 2 fully saturated rings. The molecule has 1 aromatic carbocycles. The molecule has 7 nitrogen and oxygen atoms in total. The lowest BCUT2D eigenvalue weighted by atomic mass is 10.0. The number of tetrazole rings is 1. The number of benzene rings is 1. The third kappa shape index (κ3) is 2.25. The number of aromatic nitrogens is 4. The van der Waals surface area contributed by atoms with Gasteiger partial charge in [-0.05, 0) is 53.7 Å². The van der Waals surface area contributed by atoms with E-state index in [2.05, 4.69) is 10.4 Å². The second kappa shape index (κ2) is 5.33. The lowest BCUT2D eigenvalue weighted by Gasteiger charge is -2.25. The molecule has 3 atom stereocenters. The van der Waals surface area contributed by atoms with Gasteiger partial charge in [-0.2, -0.15) is 4.68 Å². The minimum absolute atomic E-state index is 0.0769. The summed E-state index contributed by atoms with van der Waals surface area (Å²) in [6.07, 6.45) is -0.637. The normalized spacial score (nSPS) is 26.7. The first-order chi connectivity index (χ1) is 11.1. The monoisotopic (exact) mass is 332 g/mol. The summed E-state index contributed by atoms with van der Waals surface area (Å²) in [7, 11) is 0. The smallest absolute Gasteiger partial charge is 0.221 e. The average Bonchev–Trinajstić information content (AvgIpc) is 3.12. The molecule has 2 aliphatic heterocycles. The van der Waals surface area contributed by atoms with Crippen LogP contribution in [0.1, 0.15) is 23.6 Å². The van der Waals surface area contributed by atoms with Gasteiger partial charge in [0.25, 0.3) is 0 Å². The Morgan fingerprint density at radius 3 is 2.96 bits per heavy atom. The van der Waals surface area contributed by atoms with Crippen molar-refractivity contribution in [2.24, 2.45) is 0 Å². The van der Waals surface area contributed by atoms with Gasteiger partial charge in [-0.15, -0.1) is 0 Å². The Morgan fingerprint density at radius 1 is 1.30 bits per heavy atom. The highest BCUT2D eigenvalue weighted by Crippen LogP contribution is 2.32. The molecule has 23 heavy (non-hydrogen) atoms. The van der Waals surface area contributed by atoms with Gasteiger partial charge in [-0.3, -0.25) is 4.79 Å². The summed E-state index contributed by atoms with van der Waals surface area (Å²) < 4.78 is 14.6. The molecule has 0 radical (unpaired) electrons. The highest BCUT2D eigenvalue weighted by Gasteiger charge is 2.45. The van der Waals surface area contributed by atoms with E-state index in [0.29, 0.717) is 17.8 Å². The number of nitrogens with zero attached hydrogens (tertiary/aromatic N) is 4. The number of ether oxygens (including phenoxy) is 2. The second-order valence-electron chi connectivity index (χ2n) is 5.91. The van der Waals surface area contributed by atoms with Gasteiger partial charge in [0.05, 0.1) is 18.3 Å². The van der Waals surface area contributed by atoms with E-state index in [0.717, 1.165) is 16.8 Å². The highest BCUT2D eigenvalue weighted by atomic mass is 32.1. The zero-order chi connectivity index (χ0) is 16.1. The van der Waals surface area contributed by atoms with Crippen LogP contribution in [0, 0.1) is 18.6 Å². The molecule has 2 aromatic rings. The largest absolute Gasteiger partial charge is 0.343 e.